The third-order valence-electron chi connectivity index (χ3n) is 6.24. The molecule has 2 aliphatic heterocycles. The fourth-order valence-corrected chi connectivity index (χ4v) is 4.53. The molecule has 3 N–H and O–H groups in total. The zero-order valence-electron chi connectivity index (χ0n) is 19.5. The molecule has 1 aromatic carbocycles. The number of likely N-dealkylation sites (tertiary alicyclic amines) is 1. The second-order valence-corrected chi connectivity index (χ2v) is 8.50. The van der Waals surface area contributed by atoms with Crippen LogP contribution in [0.4, 0.5) is 0 Å². The summed E-state index contributed by atoms with van der Waals surface area (Å²) in [5, 5.41) is 12.6. The number of aliphatic hydroxyl groups is 1. The van der Waals surface area contributed by atoms with Crippen LogP contribution in [0.15, 0.2) is 24.7 Å². The van der Waals surface area contributed by atoms with E-state index in [1.807, 2.05) is 13.0 Å². The maximum Gasteiger partial charge on any atom is 0.255 e. The number of carbonyl (C=O) groups is 2. The van der Waals surface area contributed by atoms with Crippen molar-refractivity contribution in [2.75, 3.05) is 26.5 Å². The minimum atomic E-state index is -1.02. The summed E-state index contributed by atoms with van der Waals surface area (Å²) in [6.45, 7) is 4.88. The molecule has 184 valence electrons. The first-order valence-electron chi connectivity index (χ1n) is 11.6. The van der Waals surface area contributed by atoms with Crippen LogP contribution in [0, 0.1) is 0 Å². The molecular formula is C24H27N5O6. The molecule has 0 bridgehead atoms. The first kappa shape index (κ1) is 22.9. The van der Waals surface area contributed by atoms with Gasteiger partial charge in [-0.3, -0.25) is 9.59 Å². The highest BCUT2D eigenvalue weighted by Crippen LogP contribution is 2.47. The van der Waals surface area contributed by atoms with E-state index in [1.165, 1.54) is 13.3 Å². The van der Waals surface area contributed by atoms with E-state index in [4.69, 9.17) is 14.2 Å². The first-order valence-corrected chi connectivity index (χ1v) is 11.6. The largest absolute Gasteiger partial charge is 0.493 e. The predicted molar refractivity (Wildman–Crippen MR) is 125 cm³/mol. The first-order chi connectivity index (χ1) is 17.0. The summed E-state index contributed by atoms with van der Waals surface area (Å²) in [4.78, 5) is 38.7. The van der Waals surface area contributed by atoms with Gasteiger partial charge in [0.25, 0.3) is 11.8 Å². The van der Waals surface area contributed by atoms with Crippen molar-refractivity contribution in [1.29, 1.82) is 0 Å². The number of carbonyl (C=O) groups excluding carboxylic acids is 2. The molecule has 0 radical (unpaired) electrons. The molecule has 2 aliphatic rings. The maximum absolute atomic E-state index is 13.1. The number of rotatable bonds is 6. The SMILES string of the molecule is CCOc1ccc2c(c1-c1ncnc3c(C(=O)NC4CCN(C(=O)[C@H](C)O)CC4)c[nH]c13)OCO2. The third kappa shape index (κ3) is 4.23. The number of aromatic nitrogens is 3. The Balaban J connectivity index is 1.40. The smallest absolute Gasteiger partial charge is 0.255 e. The molecule has 3 aromatic rings. The number of nitrogens with one attached hydrogen (secondary N) is 2. The average Bonchev–Trinajstić information content (AvgIpc) is 3.51. The molecule has 5 rings (SSSR count). The maximum atomic E-state index is 13.1. The lowest BCUT2D eigenvalue weighted by molar-refractivity contribution is -0.140. The normalized spacial score (nSPS) is 16.4. The summed E-state index contributed by atoms with van der Waals surface area (Å²) < 4.78 is 17.1. The van der Waals surface area contributed by atoms with E-state index in [0.29, 0.717) is 77.6 Å². The number of H-pyrrole nitrogens is 1. The predicted octanol–water partition coefficient (Wildman–Crippen LogP) is 1.85. The van der Waals surface area contributed by atoms with E-state index in [0.717, 1.165) is 0 Å². The van der Waals surface area contributed by atoms with Crippen molar-refractivity contribution >= 4 is 22.8 Å². The van der Waals surface area contributed by atoms with E-state index >= 15 is 0 Å². The molecule has 0 unspecified atom stereocenters. The number of nitrogens with zero attached hydrogens (tertiary/aromatic N) is 3. The Morgan fingerprint density at radius 3 is 2.83 bits per heavy atom. The summed E-state index contributed by atoms with van der Waals surface area (Å²) in [6.07, 6.45) is 3.22. The topological polar surface area (TPSA) is 139 Å². The molecule has 1 saturated heterocycles. The van der Waals surface area contributed by atoms with Gasteiger partial charge in [0.15, 0.2) is 11.5 Å². The Morgan fingerprint density at radius 2 is 2.09 bits per heavy atom. The number of aliphatic hydroxyl groups excluding tert-OH is 1. The second-order valence-electron chi connectivity index (χ2n) is 8.50. The van der Waals surface area contributed by atoms with Gasteiger partial charge in [-0.05, 0) is 38.8 Å². The van der Waals surface area contributed by atoms with Crippen LogP contribution in [-0.4, -0.2) is 75.4 Å². The standard InChI is InChI=1S/C24H27N5O6/c1-3-33-16-4-5-17-22(35-12-34-17)18(16)20-21-19(26-11-27-20)15(10-25-21)23(31)28-14-6-8-29(9-7-14)24(32)13(2)30/h4-5,10-11,13-14,25,30H,3,6-9,12H2,1-2H3,(H,28,31)/t13-/m0/s1. The second kappa shape index (κ2) is 9.41. The molecule has 2 amide bonds. The molecule has 0 aliphatic carbocycles. The van der Waals surface area contributed by atoms with Crippen LogP contribution in [0.25, 0.3) is 22.3 Å². The number of amides is 2. The molecule has 0 spiro atoms. The number of ether oxygens (including phenoxy) is 3. The number of hydrogen-bond acceptors (Lipinski definition) is 8. The van der Waals surface area contributed by atoms with Crippen LogP contribution in [0.5, 0.6) is 17.2 Å². The summed E-state index contributed by atoms with van der Waals surface area (Å²) in [5.74, 6) is 1.18. The minimum Gasteiger partial charge on any atom is -0.493 e. The molecule has 1 atom stereocenters. The lowest BCUT2D eigenvalue weighted by Crippen LogP contribution is -2.48. The number of fused-ring (bicyclic) bond motifs is 2. The van der Waals surface area contributed by atoms with Gasteiger partial charge < -0.3 is 34.5 Å². The molecule has 35 heavy (non-hydrogen) atoms. The fraction of sp³-hybridized carbons (Fsp3) is 0.417. The van der Waals surface area contributed by atoms with Gasteiger partial charge in [-0.1, -0.05) is 0 Å². The molecule has 1 fully saturated rings. The van der Waals surface area contributed by atoms with Crippen molar-refractivity contribution in [3.8, 4) is 28.5 Å². The Labute approximate surface area is 201 Å². The molecule has 11 heteroatoms. The van der Waals surface area contributed by atoms with Gasteiger partial charge in [0.1, 0.15) is 29.4 Å². The van der Waals surface area contributed by atoms with E-state index in [2.05, 4.69) is 20.3 Å². The summed E-state index contributed by atoms with van der Waals surface area (Å²) >= 11 is 0. The lowest BCUT2D eigenvalue weighted by Gasteiger charge is -2.33. The van der Waals surface area contributed by atoms with Gasteiger partial charge in [-0.15, -0.1) is 0 Å². The molecule has 2 aromatic heterocycles. The van der Waals surface area contributed by atoms with Crippen LogP contribution >= 0.6 is 0 Å². The van der Waals surface area contributed by atoms with Crippen molar-refractivity contribution in [3.05, 3.63) is 30.2 Å². The number of piperidine rings is 1. The Hall–Kier alpha value is -3.86. The molecule has 0 saturated carbocycles. The van der Waals surface area contributed by atoms with Crippen molar-refractivity contribution in [2.24, 2.45) is 0 Å². The quantitative estimate of drug-likeness (QED) is 0.485. The molecule has 11 nitrogen and oxygen atoms in total. The minimum absolute atomic E-state index is 0.0840. The van der Waals surface area contributed by atoms with Gasteiger partial charge in [0.2, 0.25) is 6.79 Å². The summed E-state index contributed by atoms with van der Waals surface area (Å²) in [5.41, 5.74) is 2.64. The van der Waals surface area contributed by atoms with E-state index in [-0.39, 0.29) is 24.6 Å². The Morgan fingerprint density at radius 1 is 1.29 bits per heavy atom. The highest BCUT2D eigenvalue weighted by molar-refractivity contribution is 6.08. The Kier molecular flexibility index (Phi) is 6.16. The van der Waals surface area contributed by atoms with Gasteiger partial charge >= 0.3 is 0 Å². The Bertz CT molecular complexity index is 1260. The highest BCUT2D eigenvalue weighted by Gasteiger charge is 2.29. The van der Waals surface area contributed by atoms with Crippen molar-refractivity contribution in [1.82, 2.24) is 25.2 Å². The van der Waals surface area contributed by atoms with Crippen molar-refractivity contribution < 1.29 is 28.9 Å². The van der Waals surface area contributed by atoms with E-state index in [1.54, 1.807) is 17.2 Å². The summed E-state index contributed by atoms with van der Waals surface area (Å²) in [6, 6.07) is 3.52. The van der Waals surface area contributed by atoms with Gasteiger partial charge in [-0.2, -0.15) is 0 Å². The van der Waals surface area contributed by atoms with Gasteiger partial charge in [-0.25, -0.2) is 9.97 Å². The van der Waals surface area contributed by atoms with Crippen molar-refractivity contribution in [2.45, 2.75) is 38.8 Å². The van der Waals surface area contributed by atoms with Crippen LogP contribution in [0.1, 0.15) is 37.0 Å². The number of aromatic amines is 1. The van der Waals surface area contributed by atoms with Crippen LogP contribution < -0.4 is 19.5 Å². The van der Waals surface area contributed by atoms with E-state index < -0.39 is 6.10 Å². The van der Waals surface area contributed by atoms with Crippen LogP contribution in [-0.2, 0) is 4.79 Å². The third-order valence-corrected chi connectivity index (χ3v) is 6.24. The highest BCUT2D eigenvalue weighted by atomic mass is 16.7. The van der Waals surface area contributed by atoms with Crippen molar-refractivity contribution in [3.63, 3.8) is 0 Å². The lowest BCUT2D eigenvalue weighted by atomic mass is 10.0. The van der Waals surface area contributed by atoms with Gasteiger partial charge in [0, 0.05) is 25.3 Å². The van der Waals surface area contributed by atoms with Crippen LogP contribution in [0.2, 0.25) is 0 Å². The average molecular weight is 482 g/mol. The number of benzene rings is 1. The molecular weight excluding hydrogens is 454 g/mol. The fourth-order valence-electron chi connectivity index (χ4n) is 4.53. The summed E-state index contributed by atoms with van der Waals surface area (Å²) in [7, 11) is 0. The zero-order chi connectivity index (χ0) is 24.5. The zero-order valence-corrected chi connectivity index (χ0v) is 19.5. The molecule has 4 heterocycles. The number of hydrogen-bond donors (Lipinski definition) is 3. The van der Waals surface area contributed by atoms with Crippen LogP contribution in [0.3, 0.4) is 0 Å². The van der Waals surface area contributed by atoms with E-state index in [9.17, 15) is 14.7 Å². The monoisotopic (exact) mass is 481 g/mol. The van der Waals surface area contributed by atoms with Gasteiger partial charge in [0.05, 0.1) is 23.3 Å².